The molecule has 3 aromatic rings. The highest BCUT2D eigenvalue weighted by atomic mass is 16.5. The second kappa shape index (κ2) is 5.19. The van der Waals surface area contributed by atoms with Crippen LogP contribution in [0.25, 0.3) is 22.6 Å². The van der Waals surface area contributed by atoms with Crippen molar-refractivity contribution >= 4 is 22.5 Å². The molecule has 5 nitrogen and oxygen atoms in total. The zero-order valence-corrected chi connectivity index (χ0v) is 13.8. The highest BCUT2D eigenvalue weighted by Crippen LogP contribution is 2.40. The molecule has 0 aliphatic heterocycles. The fraction of sp³-hybridized carbons (Fsp3) is 0.278. The standard InChI is InChI=1S/C18H21N3O2/c1-18(2,3)10-5-8-14-13(9-10)21-17(23-14)15-11(19)6-7-12(20)16(15)22-4/h5-9H,19-20H2,1-4H3. The summed E-state index contributed by atoms with van der Waals surface area (Å²) in [5.74, 6) is 0.889. The summed E-state index contributed by atoms with van der Waals surface area (Å²) in [5, 5.41) is 0. The van der Waals surface area contributed by atoms with E-state index >= 15 is 0 Å². The molecule has 0 radical (unpaired) electrons. The Kier molecular flexibility index (Phi) is 3.43. The van der Waals surface area contributed by atoms with Crippen LogP contribution < -0.4 is 16.2 Å². The smallest absolute Gasteiger partial charge is 0.233 e. The van der Waals surface area contributed by atoms with Gasteiger partial charge in [0.15, 0.2) is 11.3 Å². The van der Waals surface area contributed by atoms with Gasteiger partial charge in [0, 0.05) is 5.69 Å². The lowest BCUT2D eigenvalue weighted by Crippen LogP contribution is -2.10. The quantitative estimate of drug-likeness (QED) is 0.699. The number of anilines is 2. The van der Waals surface area contributed by atoms with E-state index in [1.807, 2.05) is 12.1 Å². The largest absolute Gasteiger partial charge is 0.494 e. The predicted molar refractivity (Wildman–Crippen MR) is 93.5 cm³/mol. The van der Waals surface area contributed by atoms with Crippen LogP contribution in [0.3, 0.4) is 0 Å². The molecule has 120 valence electrons. The Labute approximate surface area is 135 Å². The van der Waals surface area contributed by atoms with Crippen LogP contribution in [0.15, 0.2) is 34.7 Å². The lowest BCUT2D eigenvalue weighted by atomic mass is 9.87. The lowest BCUT2D eigenvalue weighted by Gasteiger charge is -2.18. The van der Waals surface area contributed by atoms with Crippen molar-refractivity contribution in [2.24, 2.45) is 0 Å². The number of ether oxygens (including phenoxy) is 1. The third kappa shape index (κ3) is 2.59. The monoisotopic (exact) mass is 311 g/mol. The number of hydrogen-bond donors (Lipinski definition) is 2. The number of methoxy groups -OCH3 is 1. The molecule has 1 aromatic heterocycles. The van der Waals surface area contributed by atoms with Crippen LogP contribution in [-0.2, 0) is 5.41 Å². The van der Waals surface area contributed by atoms with Gasteiger partial charge in [-0.05, 0) is 35.2 Å². The van der Waals surface area contributed by atoms with Crippen LogP contribution in [0.1, 0.15) is 26.3 Å². The maximum atomic E-state index is 6.08. The van der Waals surface area contributed by atoms with Crippen molar-refractivity contribution in [1.29, 1.82) is 0 Å². The summed E-state index contributed by atoms with van der Waals surface area (Å²) in [7, 11) is 1.55. The minimum atomic E-state index is 0.0429. The molecule has 0 aliphatic rings. The van der Waals surface area contributed by atoms with Gasteiger partial charge in [0.2, 0.25) is 5.89 Å². The number of oxazole rings is 1. The number of aromatic nitrogens is 1. The predicted octanol–water partition coefficient (Wildman–Crippen LogP) is 3.97. The van der Waals surface area contributed by atoms with E-state index in [4.69, 9.17) is 20.6 Å². The van der Waals surface area contributed by atoms with Crippen LogP contribution in [0, 0.1) is 0 Å². The molecule has 4 N–H and O–H groups in total. The van der Waals surface area contributed by atoms with Crippen molar-refractivity contribution in [2.45, 2.75) is 26.2 Å². The summed E-state index contributed by atoms with van der Waals surface area (Å²) in [6, 6.07) is 9.45. The van der Waals surface area contributed by atoms with E-state index in [-0.39, 0.29) is 5.41 Å². The van der Waals surface area contributed by atoms with E-state index in [0.717, 1.165) is 5.52 Å². The molecule has 0 spiro atoms. The van der Waals surface area contributed by atoms with Crippen molar-refractivity contribution in [3.8, 4) is 17.2 Å². The second-order valence-corrected chi connectivity index (χ2v) is 6.60. The topological polar surface area (TPSA) is 87.3 Å². The summed E-state index contributed by atoms with van der Waals surface area (Å²) >= 11 is 0. The van der Waals surface area contributed by atoms with Crippen LogP contribution in [0.2, 0.25) is 0 Å². The lowest BCUT2D eigenvalue weighted by molar-refractivity contribution is 0.417. The van der Waals surface area contributed by atoms with Crippen molar-refractivity contribution in [2.75, 3.05) is 18.6 Å². The SMILES string of the molecule is COc1c(N)ccc(N)c1-c1nc2cc(C(C)(C)C)ccc2o1. The molecule has 0 atom stereocenters. The molecule has 5 heteroatoms. The summed E-state index contributed by atoms with van der Waals surface area (Å²) in [4.78, 5) is 4.59. The molecule has 0 fully saturated rings. The Morgan fingerprint density at radius 3 is 2.39 bits per heavy atom. The molecule has 0 amide bonds. The molecule has 0 bridgehead atoms. The molecule has 23 heavy (non-hydrogen) atoms. The van der Waals surface area contributed by atoms with E-state index in [1.54, 1.807) is 19.2 Å². The van der Waals surface area contributed by atoms with Gasteiger partial charge < -0.3 is 20.6 Å². The van der Waals surface area contributed by atoms with Crippen LogP contribution in [0.4, 0.5) is 11.4 Å². The first kappa shape index (κ1) is 15.2. The molecule has 0 saturated heterocycles. The highest BCUT2D eigenvalue weighted by Gasteiger charge is 2.20. The van der Waals surface area contributed by atoms with Gasteiger partial charge in [0.25, 0.3) is 0 Å². The summed E-state index contributed by atoms with van der Waals surface area (Å²) in [6.07, 6.45) is 0. The average Bonchev–Trinajstić information content (AvgIpc) is 2.90. The van der Waals surface area contributed by atoms with E-state index in [9.17, 15) is 0 Å². The maximum Gasteiger partial charge on any atom is 0.233 e. The number of nitrogens with zero attached hydrogens (tertiary/aromatic N) is 1. The number of fused-ring (bicyclic) bond motifs is 1. The first-order chi connectivity index (χ1) is 10.8. The number of nitrogen functional groups attached to an aromatic ring is 2. The Morgan fingerprint density at radius 1 is 1.04 bits per heavy atom. The first-order valence-electron chi connectivity index (χ1n) is 7.44. The highest BCUT2D eigenvalue weighted by molar-refractivity contribution is 5.86. The van der Waals surface area contributed by atoms with E-state index < -0.39 is 0 Å². The van der Waals surface area contributed by atoms with E-state index in [0.29, 0.717) is 34.2 Å². The first-order valence-corrected chi connectivity index (χ1v) is 7.44. The van der Waals surface area contributed by atoms with Crippen molar-refractivity contribution < 1.29 is 9.15 Å². The summed E-state index contributed by atoms with van der Waals surface area (Å²) in [6.45, 7) is 6.48. The molecular formula is C18H21N3O2. The third-order valence-corrected chi connectivity index (χ3v) is 3.89. The number of benzene rings is 2. The van der Waals surface area contributed by atoms with Gasteiger partial charge in [-0.15, -0.1) is 0 Å². The van der Waals surface area contributed by atoms with Crippen LogP contribution in [0.5, 0.6) is 5.75 Å². The molecule has 2 aromatic carbocycles. The Bertz CT molecular complexity index is 876. The number of nitrogens with two attached hydrogens (primary N) is 2. The zero-order valence-electron chi connectivity index (χ0n) is 13.8. The third-order valence-electron chi connectivity index (χ3n) is 3.89. The summed E-state index contributed by atoms with van der Waals surface area (Å²) < 4.78 is 11.3. The number of rotatable bonds is 2. The van der Waals surface area contributed by atoms with Crippen molar-refractivity contribution in [3.63, 3.8) is 0 Å². The number of hydrogen-bond acceptors (Lipinski definition) is 5. The van der Waals surface area contributed by atoms with Gasteiger partial charge in [-0.25, -0.2) is 4.98 Å². The van der Waals surface area contributed by atoms with Gasteiger partial charge in [-0.2, -0.15) is 0 Å². The van der Waals surface area contributed by atoms with E-state index in [2.05, 4.69) is 31.8 Å². The van der Waals surface area contributed by atoms with Crippen molar-refractivity contribution in [1.82, 2.24) is 4.98 Å². The fourth-order valence-corrected chi connectivity index (χ4v) is 2.56. The molecule has 0 unspecified atom stereocenters. The average molecular weight is 311 g/mol. The molecule has 3 rings (SSSR count). The molecule has 0 aliphatic carbocycles. The van der Waals surface area contributed by atoms with Gasteiger partial charge >= 0.3 is 0 Å². The Balaban J connectivity index is 2.21. The van der Waals surface area contributed by atoms with Gasteiger partial charge in [-0.3, -0.25) is 0 Å². The minimum Gasteiger partial charge on any atom is -0.494 e. The molecule has 0 saturated carbocycles. The second-order valence-electron chi connectivity index (χ2n) is 6.60. The van der Waals surface area contributed by atoms with E-state index in [1.165, 1.54) is 5.56 Å². The maximum absolute atomic E-state index is 6.08. The van der Waals surface area contributed by atoms with Crippen molar-refractivity contribution in [3.05, 3.63) is 35.9 Å². The van der Waals surface area contributed by atoms with Crippen LogP contribution >= 0.6 is 0 Å². The van der Waals surface area contributed by atoms with Gasteiger partial charge in [-0.1, -0.05) is 26.8 Å². The summed E-state index contributed by atoms with van der Waals surface area (Å²) in [5.41, 5.74) is 16.4. The minimum absolute atomic E-state index is 0.0429. The zero-order chi connectivity index (χ0) is 16.8. The van der Waals surface area contributed by atoms with Crippen LogP contribution in [-0.4, -0.2) is 12.1 Å². The van der Waals surface area contributed by atoms with Gasteiger partial charge in [0.1, 0.15) is 11.1 Å². The Hall–Kier alpha value is -2.69. The molecule has 1 heterocycles. The normalized spacial score (nSPS) is 11.8. The Morgan fingerprint density at radius 2 is 1.74 bits per heavy atom. The fourth-order valence-electron chi connectivity index (χ4n) is 2.56. The van der Waals surface area contributed by atoms with Gasteiger partial charge in [0.05, 0.1) is 12.8 Å². The molecular weight excluding hydrogens is 290 g/mol.